The number of hydrogen-bond donors (Lipinski definition) is 3. The first kappa shape index (κ1) is 19.7. The lowest BCUT2D eigenvalue weighted by Gasteiger charge is -2.44. The van der Waals surface area contributed by atoms with Gasteiger partial charge in [0.05, 0.1) is 23.3 Å². The number of carbonyl (C=O) groups excluding carboxylic acids is 4. The maximum Gasteiger partial charge on any atom is 0.262 e. The highest BCUT2D eigenvalue weighted by atomic mass is 16.3. The molecular weight excluding hydrogens is 376 g/mol. The maximum absolute atomic E-state index is 13.2. The summed E-state index contributed by atoms with van der Waals surface area (Å²) in [6.45, 7) is 4.40. The van der Waals surface area contributed by atoms with Gasteiger partial charge >= 0.3 is 0 Å². The van der Waals surface area contributed by atoms with Crippen LogP contribution in [0.1, 0.15) is 46.0 Å². The quantitative estimate of drug-likeness (QED) is 0.569. The number of piperazine rings is 1. The summed E-state index contributed by atoms with van der Waals surface area (Å²) in [4.78, 5) is 52.9. The number of rotatable bonds is 4. The summed E-state index contributed by atoms with van der Waals surface area (Å²) in [6, 6.07) is 4.15. The molecule has 2 unspecified atom stereocenters. The van der Waals surface area contributed by atoms with Crippen molar-refractivity contribution in [3.63, 3.8) is 0 Å². The molecule has 2 saturated heterocycles. The number of imide groups is 2. The van der Waals surface area contributed by atoms with Gasteiger partial charge in [-0.1, -0.05) is 12.1 Å². The van der Waals surface area contributed by atoms with Gasteiger partial charge in [0.1, 0.15) is 6.04 Å². The minimum absolute atomic E-state index is 0.0374. The molecule has 3 N–H and O–H groups in total. The molecule has 29 heavy (non-hydrogen) atoms. The van der Waals surface area contributed by atoms with Crippen molar-refractivity contribution in [3.05, 3.63) is 34.9 Å². The zero-order valence-corrected chi connectivity index (χ0v) is 16.2. The smallest absolute Gasteiger partial charge is 0.262 e. The molecule has 0 aromatic heterocycles. The zero-order valence-electron chi connectivity index (χ0n) is 16.2. The molecule has 4 amide bonds. The summed E-state index contributed by atoms with van der Waals surface area (Å²) in [6.07, 6.45) is 0.220. The van der Waals surface area contributed by atoms with Crippen LogP contribution in [-0.2, 0) is 16.1 Å². The van der Waals surface area contributed by atoms with E-state index < -0.39 is 35.2 Å². The number of nitrogens with one attached hydrogen (secondary N) is 2. The highest BCUT2D eigenvalue weighted by molar-refractivity contribution is 6.24. The first-order chi connectivity index (χ1) is 13.9. The summed E-state index contributed by atoms with van der Waals surface area (Å²) in [5.74, 6) is -2.03. The molecule has 3 heterocycles. The first-order valence-corrected chi connectivity index (χ1v) is 9.76. The van der Waals surface area contributed by atoms with Crippen molar-refractivity contribution in [2.45, 2.75) is 37.9 Å². The van der Waals surface area contributed by atoms with Crippen molar-refractivity contribution in [3.8, 4) is 0 Å². The van der Waals surface area contributed by atoms with Crippen LogP contribution in [0.4, 0.5) is 0 Å². The fourth-order valence-electron chi connectivity index (χ4n) is 4.30. The van der Waals surface area contributed by atoms with Crippen LogP contribution in [0.5, 0.6) is 0 Å². The van der Waals surface area contributed by atoms with Crippen LogP contribution in [0.25, 0.3) is 0 Å². The summed E-state index contributed by atoms with van der Waals surface area (Å²) in [5.41, 5.74) is 0.798. The number of fused-ring (bicyclic) bond motifs is 1. The second-order valence-electron chi connectivity index (χ2n) is 8.04. The third-order valence-corrected chi connectivity index (χ3v) is 6.08. The predicted molar refractivity (Wildman–Crippen MR) is 102 cm³/mol. The average molecular weight is 400 g/mol. The highest BCUT2D eigenvalue weighted by Crippen LogP contribution is 2.31. The number of aliphatic hydroxyl groups excluding tert-OH is 1. The van der Waals surface area contributed by atoms with Gasteiger partial charge in [-0.3, -0.25) is 34.3 Å². The van der Waals surface area contributed by atoms with E-state index in [9.17, 15) is 24.3 Å². The Morgan fingerprint density at radius 3 is 2.72 bits per heavy atom. The van der Waals surface area contributed by atoms with E-state index >= 15 is 0 Å². The van der Waals surface area contributed by atoms with Gasteiger partial charge in [-0.25, -0.2) is 0 Å². The average Bonchev–Trinajstić information content (AvgIpc) is 2.95. The molecule has 1 aromatic carbocycles. The molecule has 9 nitrogen and oxygen atoms in total. The Kier molecular flexibility index (Phi) is 4.97. The van der Waals surface area contributed by atoms with Crippen LogP contribution in [-0.4, -0.2) is 76.4 Å². The lowest BCUT2D eigenvalue weighted by Crippen LogP contribution is -2.61. The summed E-state index contributed by atoms with van der Waals surface area (Å²) in [5, 5.41) is 15.3. The molecule has 0 radical (unpaired) electrons. The topological polar surface area (TPSA) is 119 Å². The van der Waals surface area contributed by atoms with Gasteiger partial charge in [-0.05, 0) is 25.0 Å². The van der Waals surface area contributed by atoms with Gasteiger partial charge in [0, 0.05) is 32.6 Å². The Bertz CT molecular complexity index is 901. The van der Waals surface area contributed by atoms with E-state index in [2.05, 4.69) is 15.5 Å². The van der Waals surface area contributed by atoms with E-state index in [-0.39, 0.29) is 25.0 Å². The monoisotopic (exact) mass is 400 g/mol. The Balaban J connectivity index is 1.65. The number of nitrogens with zero attached hydrogens (tertiary/aromatic N) is 2. The maximum atomic E-state index is 13.2. The van der Waals surface area contributed by atoms with Gasteiger partial charge < -0.3 is 10.4 Å². The Hall–Kier alpha value is -2.62. The molecule has 0 aliphatic carbocycles. The van der Waals surface area contributed by atoms with Gasteiger partial charge in [-0.2, -0.15) is 0 Å². The van der Waals surface area contributed by atoms with Crippen molar-refractivity contribution in [1.82, 2.24) is 20.4 Å². The van der Waals surface area contributed by atoms with Gasteiger partial charge in [0.15, 0.2) is 0 Å². The summed E-state index contributed by atoms with van der Waals surface area (Å²) in [7, 11) is 0. The van der Waals surface area contributed by atoms with E-state index in [0.29, 0.717) is 30.8 Å². The van der Waals surface area contributed by atoms with Gasteiger partial charge in [0.2, 0.25) is 11.8 Å². The molecule has 154 valence electrons. The van der Waals surface area contributed by atoms with Crippen molar-refractivity contribution in [2.24, 2.45) is 0 Å². The molecule has 2 fully saturated rings. The minimum atomic E-state index is -0.977. The second-order valence-corrected chi connectivity index (χ2v) is 8.04. The number of carbonyl (C=O) groups is 4. The molecule has 4 rings (SSSR count). The Morgan fingerprint density at radius 2 is 2.00 bits per heavy atom. The van der Waals surface area contributed by atoms with E-state index in [1.165, 1.54) is 0 Å². The first-order valence-electron chi connectivity index (χ1n) is 9.76. The predicted octanol–water partition coefficient (Wildman–Crippen LogP) is -0.756. The van der Waals surface area contributed by atoms with E-state index in [1.807, 2.05) is 6.92 Å². The van der Waals surface area contributed by atoms with E-state index in [4.69, 9.17) is 0 Å². The number of aliphatic hydroxyl groups is 1. The molecule has 3 aliphatic rings. The third-order valence-electron chi connectivity index (χ3n) is 6.08. The SMILES string of the molecule is CC1(CO)CNCCN1Cc1cccc2c1C(=O)N(C1CCC(=O)NC1=O)C2=O. The minimum Gasteiger partial charge on any atom is -0.394 e. The molecule has 2 atom stereocenters. The molecule has 3 aliphatic heterocycles. The molecule has 9 heteroatoms. The highest BCUT2D eigenvalue weighted by Gasteiger charge is 2.46. The van der Waals surface area contributed by atoms with Gasteiger partial charge in [-0.15, -0.1) is 0 Å². The van der Waals surface area contributed by atoms with E-state index in [0.717, 1.165) is 11.4 Å². The van der Waals surface area contributed by atoms with Gasteiger partial charge in [0.25, 0.3) is 11.8 Å². The number of benzene rings is 1. The Labute approximate surface area is 168 Å². The van der Waals surface area contributed by atoms with Crippen molar-refractivity contribution < 1.29 is 24.3 Å². The molecule has 0 spiro atoms. The summed E-state index contributed by atoms with van der Waals surface area (Å²) >= 11 is 0. The lowest BCUT2D eigenvalue weighted by atomic mass is 9.95. The zero-order chi connectivity index (χ0) is 20.8. The fourth-order valence-corrected chi connectivity index (χ4v) is 4.30. The fraction of sp³-hybridized carbons (Fsp3) is 0.500. The van der Waals surface area contributed by atoms with Crippen LogP contribution >= 0.6 is 0 Å². The Morgan fingerprint density at radius 1 is 1.21 bits per heavy atom. The lowest BCUT2D eigenvalue weighted by molar-refractivity contribution is -0.136. The number of amides is 4. The molecular formula is C20H24N4O5. The second kappa shape index (κ2) is 7.33. The van der Waals surface area contributed by atoms with Crippen LogP contribution in [0, 0.1) is 0 Å². The molecule has 0 bridgehead atoms. The van der Waals surface area contributed by atoms with Crippen molar-refractivity contribution in [2.75, 3.05) is 26.2 Å². The van der Waals surface area contributed by atoms with E-state index in [1.54, 1.807) is 18.2 Å². The normalized spacial score (nSPS) is 27.9. The number of piperidine rings is 1. The third kappa shape index (κ3) is 3.25. The van der Waals surface area contributed by atoms with Crippen LogP contribution < -0.4 is 10.6 Å². The molecule has 1 aromatic rings. The van der Waals surface area contributed by atoms with Crippen LogP contribution in [0.3, 0.4) is 0 Å². The van der Waals surface area contributed by atoms with Crippen molar-refractivity contribution >= 4 is 23.6 Å². The van der Waals surface area contributed by atoms with Crippen molar-refractivity contribution in [1.29, 1.82) is 0 Å². The number of hydrogen-bond acceptors (Lipinski definition) is 7. The van der Waals surface area contributed by atoms with Crippen LogP contribution in [0.15, 0.2) is 18.2 Å². The largest absolute Gasteiger partial charge is 0.394 e. The standard InChI is InChI=1S/C20H24N4O5/c1-20(11-25)10-21-7-8-23(20)9-12-3-2-4-13-16(12)19(29)24(18(13)28)14-5-6-15(26)22-17(14)27/h2-4,14,21,25H,5-11H2,1H3,(H,22,26,27). The summed E-state index contributed by atoms with van der Waals surface area (Å²) < 4.78 is 0. The molecule has 0 saturated carbocycles. The van der Waals surface area contributed by atoms with Crippen LogP contribution in [0.2, 0.25) is 0 Å².